The summed E-state index contributed by atoms with van der Waals surface area (Å²) in [6.45, 7) is 8.55. The van der Waals surface area contributed by atoms with Crippen LogP contribution in [-0.4, -0.2) is 24.6 Å². The molecular weight excluding hydrogens is 370 g/mol. The Morgan fingerprint density at radius 3 is 2.57 bits per heavy atom. The van der Waals surface area contributed by atoms with E-state index in [1.165, 1.54) is 16.7 Å². The number of hydrogen-bond donors (Lipinski definition) is 0. The first kappa shape index (κ1) is 17.1. The Hall–Kier alpha value is -3.06. The Balaban J connectivity index is 1.57. The summed E-state index contributed by atoms with van der Waals surface area (Å²) in [5, 5.41) is 5.64. The van der Waals surface area contributed by atoms with Crippen LogP contribution in [0.25, 0.3) is 26.1 Å². The van der Waals surface area contributed by atoms with Crippen LogP contribution >= 0.6 is 11.3 Å². The number of pyridine rings is 1. The fraction of sp³-hybridized carbons (Fsp3) is 0.238. The molecule has 1 aromatic carbocycles. The Bertz CT molecular complexity index is 1350. The van der Waals surface area contributed by atoms with Crippen LogP contribution in [0, 0.1) is 27.7 Å². The molecule has 0 N–H and O–H groups in total. The maximum atomic E-state index is 5.92. The minimum absolute atomic E-state index is 0.313. The molecule has 5 aromatic rings. The van der Waals surface area contributed by atoms with E-state index in [1.807, 2.05) is 19.1 Å². The van der Waals surface area contributed by atoms with E-state index in [-0.39, 0.29) is 0 Å². The molecule has 4 aromatic heterocycles. The van der Waals surface area contributed by atoms with Crippen molar-refractivity contribution in [3.63, 3.8) is 0 Å². The number of aryl methyl sites for hydroxylation is 4. The maximum Gasteiger partial charge on any atom is 0.189 e. The van der Waals surface area contributed by atoms with Crippen LogP contribution in [0.1, 0.15) is 28.2 Å². The van der Waals surface area contributed by atoms with E-state index in [1.54, 1.807) is 22.2 Å². The summed E-state index contributed by atoms with van der Waals surface area (Å²) in [7, 11) is 0. The Morgan fingerprint density at radius 1 is 1.00 bits per heavy atom. The van der Waals surface area contributed by atoms with Crippen molar-refractivity contribution in [2.45, 2.75) is 34.3 Å². The SMILES string of the molecule is Cc1cc(C)cc(OCc2nc3c4sc5nc(C)cc(C)c5c4ncn3n2)c1. The summed E-state index contributed by atoms with van der Waals surface area (Å²) in [6.07, 6.45) is 1.72. The van der Waals surface area contributed by atoms with E-state index >= 15 is 0 Å². The number of rotatable bonds is 3. The van der Waals surface area contributed by atoms with Crippen LogP contribution in [0.4, 0.5) is 0 Å². The highest BCUT2D eigenvalue weighted by Crippen LogP contribution is 2.35. The van der Waals surface area contributed by atoms with Crippen molar-refractivity contribution in [3.05, 3.63) is 58.8 Å². The van der Waals surface area contributed by atoms with Crippen LogP contribution in [-0.2, 0) is 6.61 Å². The van der Waals surface area contributed by atoms with E-state index < -0.39 is 0 Å². The first-order valence-corrected chi connectivity index (χ1v) is 9.91. The van der Waals surface area contributed by atoms with Gasteiger partial charge in [-0.1, -0.05) is 6.07 Å². The lowest BCUT2D eigenvalue weighted by Crippen LogP contribution is -1.98. The molecule has 0 amide bonds. The highest BCUT2D eigenvalue weighted by molar-refractivity contribution is 7.26. The molecule has 0 fully saturated rings. The van der Waals surface area contributed by atoms with Gasteiger partial charge >= 0.3 is 0 Å². The van der Waals surface area contributed by atoms with Crippen LogP contribution in [0.15, 0.2) is 30.6 Å². The molecule has 0 atom stereocenters. The zero-order valence-corrected chi connectivity index (χ0v) is 17.0. The topological polar surface area (TPSA) is 65.2 Å². The van der Waals surface area contributed by atoms with Crippen LogP contribution in [0.5, 0.6) is 5.75 Å². The molecule has 0 aliphatic carbocycles. The average Bonchev–Trinajstić information content (AvgIpc) is 3.19. The standard InChI is InChI=1S/C21H19N5OS/c1-11-5-12(2)7-15(6-11)27-9-16-24-20-19-18(22-10-26(20)25-16)17-13(3)8-14(4)23-21(17)28-19/h5-8,10H,9H2,1-4H3. The molecule has 6 nitrogen and oxygen atoms in total. The van der Waals surface area contributed by atoms with Gasteiger partial charge in [0.25, 0.3) is 0 Å². The second kappa shape index (κ2) is 6.24. The first-order chi connectivity index (χ1) is 13.5. The molecule has 0 aliphatic rings. The molecule has 4 heterocycles. The number of ether oxygens (including phenoxy) is 1. The Kier molecular flexibility index (Phi) is 3.80. The maximum absolute atomic E-state index is 5.92. The fourth-order valence-electron chi connectivity index (χ4n) is 3.64. The van der Waals surface area contributed by atoms with Crippen LogP contribution in [0.2, 0.25) is 0 Å². The Morgan fingerprint density at radius 2 is 1.79 bits per heavy atom. The smallest absolute Gasteiger partial charge is 0.189 e. The van der Waals surface area contributed by atoms with E-state index in [0.717, 1.165) is 37.5 Å². The number of hydrogen-bond acceptors (Lipinski definition) is 6. The minimum atomic E-state index is 0.313. The Labute approximate surface area is 165 Å². The molecular formula is C21H19N5OS. The van der Waals surface area contributed by atoms with Gasteiger partial charge in [0.05, 0.1) is 5.52 Å². The molecule has 0 radical (unpaired) electrons. The van der Waals surface area contributed by atoms with Gasteiger partial charge in [-0.25, -0.2) is 19.5 Å². The molecule has 140 valence electrons. The van der Waals surface area contributed by atoms with E-state index in [4.69, 9.17) is 9.72 Å². The van der Waals surface area contributed by atoms with Crippen molar-refractivity contribution in [3.8, 4) is 5.75 Å². The van der Waals surface area contributed by atoms with Gasteiger partial charge in [-0.15, -0.1) is 16.4 Å². The van der Waals surface area contributed by atoms with Crippen molar-refractivity contribution in [2.24, 2.45) is 0 Å². The second-order valence-electron chi connectivity index (χ2n) is 7.19. The number of fused-ring (bicyclic) bond motifs is 5. The number of benzene rings is 1. The number of thiophene rings is 1. The third-order valence-corrected chi connectivity index (χ3v) is 5.77. The predicted octanol–water partition coefficient (Wildman–Crippen LogP) is 4.70. The third kappa shape index (κ3) is 2.79. The van der Waals surface area contributed by atoms with Crippen LogP contribution < -0.4 is 4.74 Å². The van der Waals surface area contributed by atoms with Crippen molar-refractivity contribution < 1.29 is 4.74 Å². The molecule has 28 heavy (non-hydrogen) atoms. The van der Waals surface area contributed by atoms with E-state index in [2.05, 4.69) is 48.0 Å². The summed E-state index contributed by atoms with van der Waals surface area (Å²) in [6, 6.07) is 8.25. The number of aromatic nitrogens is 5. The number of nitrogens with zero attached hydrogens (tertiary/aromatic N) is 5. The van der Waals surface area contributed by atoms with Crippen molar-refractivity contribution in [1.82, 2.24) is 24.6 Å². The zero-order chi connectivity index (χ0) is 19.4. The lowest BCUT2D eigenvalue weighted by atomic mass is 10.1. The average molecular weight is 389 g/mol. The van der Waals surface area contributed by atoms with Gasteiger partial charge in [-0.3, -0.25) is 0 Å². The van der Waals surface area contributed by atoms with E-state index in [9.17, 15) is 0 Å². The van der Waals surface area contributed by atoms with Crippen LogP contribution in [0.3, 0.4) is 0 Å². The lowest BCUT2D eigenvalue weighted by molar-refractivity contribution is 0.295. The molecule has 0 saturated carbocycles. The largest absolute Gasteiger partial charge is 0.486 e. The van der Waals surface area contributed by atoms with Crippen molar-refractivity contribution in [1.29, 1.82) is 0 Å². The molecule has 7 heteroatoms. The van der Waals surface area contributed by atoms with Gasteiger partial charge in [-0.05, 0) is 62.6 Å². The molecule has 0 aliphatic heterocycles. The summed E-state index contributed by atoms with van der Waals surface area (Å²) in [5.41, 5.74) is 6.27. The predicted molar refractivity (Wildman–Crippen MR) is 111 cm³/mol. The van der Waals surface area contributed by atoms with Gasteiger partial charge < -0.3 is 4.74 Å². The lowest BCUT2D eigenvalue weighted by Gasteiger charge is -2.05. The first-order valence-electron chi connectivity index (χ1n) is 9.10. The highest BCUT2D eigenvalue weighted by Gasteiger charge is 2.16. The van der Waals surface area contributed by atoms with Gasteiger partial charge in [0.15, 0.2) is 11.5 Å². The summed E-state index contributed by atoms with van der Waals surface area (Å²) >= 11 is 1.61. The molecule has 0 spiro atoms. The third-order valence-electron chi connectivity index (χ3n) is 4.70. The monoisotopic (exact) mass is 389 g/mol. The fourth-order valence-corrected chi connectivity index (χ4v) is 4.86. The minimum Gasteiger partial charge on any atom is -0.486 e. The van der Waals surface area contributed by atoms with Gasteiger partial charge in [0.2, 0.25) is 0 Å². The highest BCUT2D eigenvalue weighted by atomic mass is 32.1. The van der Waals surface area contributed by atoms with E-state index in [0.29, 0.717) is 12.4 Å². The zero-order valence-electron chi connectivity index (χ0n) is 16.1. The normalized spacial score (nSPS) is 11.7. The summed E-state index contributed by atoms with van der Waals surface area (Å²) < 4.78 is 8.65. The molecule has 0 bridgehead atoms. The van der Waals surface area contributed by atoms with Crippen molar-refractivity contribution in [2.75, 3.05) is 0 Å². The van der Waals surface area contributed by atoms with Gasteiger partial charge in [0, 0.05) is 11.1 Å². The van der Waals surface area contributed by atoms with Gasteiger partial charge in [-0.2, -0.15) is 0 Å². The molecule has 5 rings (SSSR count). The summed E-state index contributed by atoms with van der Waals surface area (Å²) in [4.78, 5) is 15.0. The summed E-state index contributed by atoms with van der Waals surface area (Å²) in [5.74, 6) is 1.46. The van der Waals surface area contributed by atoms with Gasteiger partial charge in [0.1, 0.15) is 28.2 Å². The van der Waals surface area contributed by atoms with Crippen molar-refractivity contribution >= 4 is 37.4 Å². The molecule has 0 unspecified atom stereocenters. The quantitative estimate of drug-likeness (QED) is 0.447. The second-order valence-corrected chi connectivity index (χ2v) is 8.19. The molecule has 0 saturated heterocycles.